The SMILES string of the molecule is Cc1c(C(=O)c2ccccc2)cc(C(=O)NCc2cccc(Cl)c2)n1Cc1ccc(C(F)(F)F)cc1. The molecule has 3 aromatic carbocycles. The standard InChI is InChI=1S/C28H22ClF3N2O2/c1-18-24(26(35)21-7-3-2-4-8-21)15-25(27(36)33-16-20-6-5-9-23(29)14-20)34(18)17-19-10-12-22(13-11-19)28(30,31)32/h2-15H,16-17H2,1H3,(H,33,36). The van der Waals surface area contributed by atoms with E-state index in [1.807, 2.05) is 6.07 Å². The lowest BCUT2D eigenvalue weighted by atomic mass is 10.0. The third-order valence-corrected chi connectivity index (χ3v) is 6.08. The molecule has 8 heteroatoms. The van der Waals surface area contributed by atoms with Crippen LogP contribution in [-0.4, -0.2) is 16.3 Å². The van der Waals surface area contributed by atoms with Gasteiger partial charge in [-0.15, -0.1) is 0 Å². The van der Waals surface area contributed by atoms with E-state index >= 15 is 0 Å². The number of carbonyl (C=O) groups excluding carboxylic acids is 2. The zero-order valence-electron chi connectivity index (χ0n) is 19.3. The third kappa shape index (κ3) is 5.69. The summed E-state index contributed by atoms with van der Waals surface area (Å²) in [6.45, 7) is 2.05. The van der Waals surface area contributed by atoms with Crippen molar-refractivity contribution in [2.24, 2.45) is 0 Å². The minimum Gasteiger partial charge on any atom is -0.347 e. The monoisotopic (exact) mass is 510 g/mol. The van der Waals surface area contributed by atoms with Gasteiger partial charge in [0.25, 0.3) is 5.91 Å². The van der Waals surface area contributed by atoms with Crippen LogP contribution in [0.25, 0.3) is 0 Å². The van der Waals surface area contributed by atoms with Gasteiger partial charge in [0, 0.05) is 34.9 Å². The van der Waals surface area contributed by atoms with Gasteiger partial charge in [0.15, 0.2) is 5.78 Å². The average molecular weight is 511 g/mol. The quantitative estimate of drug-likeness (QED) is 0.282. The van der Waals surface area contributed by atoms with Crippen LogP contribution in [-0.2, 0) is 19.3 Å². The maximum atomic E-state index is 13.2. The molecule has 4 nitrogen and oxygen atoms in total. The molecule has 0 aliphatic carbocycles. The Morgan fingerprint density at radius 2 is 1.58 bits per heavy atom. The summed E-state index contributed by atoms with van der Waals surface area (Å²) in [5, 5.41) is 3.38. The number of alkyl halides is 3. The second kappa shape index (κ2) is 10.4. The summed E-state index contributed by atoms with van der Waals surface area (Å²) in [5.41, 5.74) is 2.19. The van der Waals surface area contributed by atoms with Crippen LogP contribution in [0.15, 0.2) is 84.9 Å². The zero-order chi connectivity index (χ0) is 25.9. The summed E-state index contributed by atoms with van der Waals surface area (Å²) in [6.07, 6.45) is -4.44. The van der Waals surface area contributed by atoms with Gasteiger partial charge < -0.3 is 9.88 Å². The highest BCUT2D eigenvalue weighted by Gasteiger charge is 2.30. The van der Waals surface area contributed by atoms with Gasteiger partial charge in [0.2, 0.25) is 0 Å². The number of amides is 1. The molecule has 1 aromatic heterocycles. The summed E-state index contributed by atoms with van der Waals surface area (Å²) in [5.74, 6) is -0.666. The molecule has 1 N–H and O–H groups in total. The van der Waals surface area contributed by atoms with Crippen LogP contribution in [0.5, 0.6) is 0 Å². The predicted molar refractivity (Wildman–Crippen MR) is 132 cm³/mol. The predicted octanol–water partition coefficient (Wildman–Crippen LogP) is 6.68. The van der Waals surface area contributed by atoms with Gasteiger partial charge in [-0.1, -0.05) is 66.2 Å². The Labute approximate surface area is 211 Å². The van der Waals surface area contributed by atoms with E-state index in [0.29, 0.717) is 27.4 Å². The molecule has 4 rings (SSSR count). The molecule has 0 spiro atoms. The van der Waals surface area contributed by atoms with Crippen molar-refractivity contribution in [1.29, 1.82) is 0 Å². The first kappa shape index (κ1) is 25.3. The number of hydrogen-bond acceptors (Lipinski definition) is 2. The van der Waals surface area contributed by atoms with Gasteiger partial charge in [0.05, 0.1) is 5.56 Å². The van der Waals surface area contributed by atoms with E-state index in [2.05, 4.69) is 5.32 Å². The number of rotatable bonds is 7. The first-order valence-electron chi connectivity index (χ1n) is 11.1. The Morgan fingerprint density at radius 3 is 2.22 bits per heavy atom. The molecule has 0 unspecified atom stereocenters. The van der Waals surface area contributed by atoms with Crippen molar-refractivity contribution >= 4 is 23.3 Å². The smallest absolute Gasteiger partial charge is 0.347 e. The molecule has 4 aromatic rings. The van der Waals surface area contributed by atoms with Crippen molar-refractivity contribution in [3.63, 3.8) is 0 Å². The molecule has 0 aliphatic rings. The number of ketones is 1. The fourth-order valence-corrected chi connectivity index (χ4v) is 4.13. The highest BCUT2D eigenvalue weighted by molar-refractivity contribution is 6.30. The molecule has 0 saturated carbocycles. The lowest BCUT2D eigenvalue weighted by Gasteiger charge is -2.14. The van der Waals surface area contributed by atoms with Crippen molar-refractivity contribution < 1.29 is 22.8 Å². The molecule has 0 saturated heterocycles. The van der Waals surface area contributed by atoms with Crippen molar-refractivity contribution in [3.05, 3.63) is 129 Å². The fraction of sp³-hybridized carbons (Fsp3) is 0.143. The maximum Gasteiger partial charge on any atom is 0.416 e. The van der Waals surface area contributed by atoms with Crippen LogP contribution in [0, 0.1) is 6.92 Å². The third-order valence-electron chi connectivity index (χ3n) is 5.84. The molecule has 1 heterocycles. The fourth-order valence-electron chi connectivity index (χ4n) is 3.91. The van der Waals surface area contributed by atoms with Crippen LogP contribution >= 0.6 is 11.6 Å². The Bertz CT molecular complexity index is 1390. The summed E-state index contributed by atoms with van der Waals surface area (Å²) < 4.78 is 40.6. The van der Waals surface area contributed by atoms with Gasteiger partial charge in [-0.2, -0.15) is 13.2 Å². The number of halogens is 4. The van der Waals surface area contributed by atoms with E-state index in [9.17, 15) is 22.8 Å². The van der Waals surface area contributed by atoms with E-state index in [4.69, 9.17) is 11.6 Å². The van der Waals surface area contributed by atoms with E-state index in [1.54, 1.807) is 60.0 Å². The summed E-state index contributed by atoms with van der Waals surface area (Å²) in [6, 6.07) is 22.0. The summed E-state index contributed by atoms with van der Waals surface area (Å²) >= 11 is 6.02. The van der Waals surface area contributed by atoms with Gasteiger partial charge in [-0.25, -0.2) is 0 Å². The van der Waals surface area contributed by atoms with E-state index in [-0.39, 0.29) is 24.6 Å². The molecule has 0 aliphatic heterocycles. The first-order valence-corrected chi connectivity index (χ1v) is 11.5. The highest BCUT2D eigenvalue weighted by atomic mass is 35.5. The van der Waals surface area contributed by atoms with Gasteiger partial charge in [-0.3, -0.25) is 9.59 Å². The molecule has 0 atom stereocenters. The van der Waals surface area contributed by atoms with Crippen molar-refractivity contribution in [2.75, 3.05) is 0 Å². The topological polar surface area (TPSA) is 51.1 Å². The average Bonchev–Trinajstić information content (AvgIpc) is 3.18. The Hall–Kier alpha value is -3.84. The van der Waals surface area contributed by atoms with Crippen molar-refractivity contribution in [1.82, 2.24) is 9.88 Å². The van der Waals surface area contributed by atoms with Crippen molar-refractivity contribution in [3.8, 4) is 0 Å². The number of benzene rings is 3. The number of nitrogens with one attached hydrogen (secondary N) is 1. The summed E-state index contributed by atoms with van der Waals surface area (Å²) in [4.78, 5) is 26.4. The number of nitrogens with zero attached hydrogens (tertiary/aromatic N) is 1. The Kier molecular flexibility index (Phi) is 7.31. The maximum absolute atomic E-state index is 13.2. The number of aromatic nitrogens is 1. The molecular weight excluding hydrogens is 489 g/mol. The minimum absolute atomic E-state index is 0.117. The van der Waals surface area contributed by atoms with Gasteiger partial charge in [0.1, 0.15) is 5.69 Å². The highest BCUT2D eigenvalue weighted by Crippen LogP contribution is 2.29. The normalized spacial score (nSPS) is 11.4. The molecule has 184 valence electrons. The first-order chi connectivity index (χ1) is 17.1. The van der Waals surface area contributed by atoms with Crippen LogP contribution in [0.1, 0.15) is 48.8 Å². The second-order valence-electron chi connectivity index (χ2n) is 8.32. The molecule has 1 amide bonds. The van der Waals surface area contributed by atoms with Crippen LogP contribution in [0.3, 0.4) is 0 Å². The minimum atomic E-state index is -4.44. The van der Waals surface area contributed by atoms with Gasteiger partial charge in [-0.05, 0) is 48.4 Å². The van der Waals surface area contributed by atoms with E-state index in [1.165, 1.54) is 18.2 Å². The van der Waals surface area contributed by atoms with Crippen LogP contribution in [0.4, 0.5) is 13.2 Å². The second-order valence-corrected chi connectivity index (χ2v) is 8.75. The van der Waals surface area contributed by atoms with Crippen molar-refractivity contribution in [2.45, 2.75) is 26.2 Å². The van der Waals surface area contributed by atoms with Gasteiger partial charge >= 0.3 is 6.18 Å². The lowest BCUT2D eigenvalue weighted by molar-refractivity contribution is -0.137. The molecule has 36 heavy (non-hydrogen) atoms. The number of carbonyl (C=O) groups is 2. The van der Waals surface area contributed by atoms with E-state index < -0.39 is 17.6 Å². The van der Waals surface area contributed by atoms with Crippen LogP contribution in [0.2, 0.25) is 5.02 Å². The Balaban J connectivity index is 1.67. The Morgan fingerprint density at radius 1 is 0.889 bits per heavy atom. The summed E-state index contributed by atoms with van der Waals surface area (Å²) in [7, 11) is 0. The number of hydrogen-bond donors (Lipinski definition) is 1. The van der Waals surface area contributed by atoms with Crippen LogP contribution < -0.4 is 5.32 Å². The molecule has 0 radical (unpaired) electrons. The largest absolute Gasteiger partial charge is 0.416 e. The molecule has 0 fully saturated rings. The molecular formula is C28H22ClF3N2O2. The lowest BCUT2D eigenvalue weighted by Crippen LogP contribution is -2.26. The molecule has 0 bridgehead atoms. The zero-order valence-corrected chi connectivity index (χ0v) is 20.0. The van der Waals surface area contributed by atoms with E-state index in [0.717, 1.165) is 17.7 Å².